The number of hydrogen-bond acceptors (Lipinski definition) is 4. The maximum absolute atomic E-state index is 13.0. The van der Waals surface area contributed by atoms with Crippen molar-refractivity contribution in [3.63, 3.8) is 0 Å². The maximum Gasteiger partial charge on any atom is 0.263 e. The Labute approximate surface area is 180 Å². The van der Waals surface area contributed by atoms with Crippen molar-refractivity contribution in [3.05, 3.63) is 46.4 Å². The third-order valence-electron chi connectivity index (χ3n) is 4.54. The highest BCUT2D eigenvalue weighted by Gasteiger charge is 2.37. The minimum absolute atomic E-state index is 0.0598. The zero-order chi connectivity index (χ0) is 21.4. The van der Waals surface area contributed by atoms with Crippen LogP contribution in [-0.4, -0.2) is 27.5 Å². The third-order valence-corrected chi connectivity index (χ3v) is 6.64. The summed E-state index contributed by atoms with van der Waals surface area (Å²) in [5.41, 5.74) is 0.124. The van der Waals surface area contributed by atoms with E-state index in [2.05, 4.69) is 4.72 Å². The summed E-state index contributed by atoms with van der Waals surface area (Å²) in [6.07, 6.45) is 0.745. The van der Waals surface area contributed by atoms with Gasteiger partial charge in [-0.25, -0.2) is 8.42 Å². The number of carbonyl (C=O) groups is 1. The minimum Gasteiger partial charge on any atom is -0.490 e. The van der Waals surface area contributed by atoms with E-state index in [0.29, 0.717) is 18.0 Å². The molecule has 0 aromatic heterocycles. The van der Waals surface area contributed by atoms with E-state index in [0.717, 1.165) is 6.42 Å². The van der Waals surface area contributed by atoms with Gasteiger partial charge in [-0.15, -0.1) is 0 Å². The summed E-state index contributed by atoms with van der Waals surface area (Å²) in [7, 11) is -3.98. The van der Waals surface area contributed by atoms with Gasteiger partial charge in [-0.2, -0.15) is 0 Å². The van der Waals surface area contributed by atoms with E-state index < -0.39 is 15.4 Å². The number of sulfonamides is 1. The van der Waals surface area contributed by atoms with Crippen molar-refractivity contribution >= 4 is 50.5 Å². The fraction of sp³-hybridized carbons (Fsp3) is 0.350. The molecule has 3 rings (SSSR count). The van der Waals surface area contributed by atoms with Crippen LogP contribution in [0.25, 0.3) is 0 Å². The standard InChI is InChI=1S/C20H22Cl2N2O4S/c1-4-9-24-16-11-14(6-8-17(16)28-12-20(2,3)19(24)25)23-29(26,27)18-10-13(21)5-7-15(18)22/h5-8,10-11,23H,4,9,12H2,1-3H3. The van der Waals surface area contributed by atoms with Gasteiger partial charge in [-0.3, -0.25) is 9.52 Å². The number of ether oxygens (including phenoxy) is 1. The molecule has 1 aliphatic heterocycles. The van der Waals surface area contributed by atoms with Crippen molar-refractivity contribution in [1.82, 2.24) is 0 Å². The summed E-state index contributed by atoms with van der Waals surface area (Å²) >= 11 is 12.0. The van der Waals surface area contributed by atoms with Crippen LogP contribution in [-0.2, 0) is 14.8 Å². The van der Waals surface area contributed by atoms with E-state index in [1.807, 2.05) is 20.8 Å². The number of anilines is 2. The molecule has 9 heteroatoms. The first-order valence-corrected chi connectivity index (χ1v) is 11.4. The molecule has 0 bridgehead atoms. The van der Waals surface area contributed by atoms with Crippen LogP contribution in [0.1, 0.15) is 27.2 Å². The molecule has 2 aromatic rings. The summed E-state index contributed by atoms with van der Waals surface area (Å²) in [4.78, 5) is 14.5. The van der Waals surface area contributed by atoms with Gasteiger partial charge in [0.15, 0.2) is 0 Å². The van der Waals surface area contributed by atoms with Crippen LogP contribution in [0.2, 0.25) is 10.0 Å². The maximum atomic E-state index is 13.0. The van der Waals surface area contributed by atoms with Crippen molar-refractivity contribution in [1.29, 1.82) is 0 Å². The van der Waals surface area contributed by atoms with Gasteiger partial charge < -0.3 is 9.64 Å². The number of nitrogens with zero attached hydrogens (tertiary/aromatic N) is 1. The van der Waals surface area contributed by atoms with E-state index in [1.165, 1.54) is 18.2 Å². The second-order valence-electron chi connectivity index (χ2n) is 7.49. The van der Waals surface area contributed by atoms with Gasteiger partial charge in [0, 0.05) is 11.6 Å². The molecule has 0 spiro atoms. The lowest BCUT2D eigenvalue weighted by molar-refractivity contribution is -0.127. The number of halogens is 2. The second-order valence-corrected chi connectivity index (χ2v) is 9.99. The van der Waals surface area contributed by atoms with Crippen molar-refractivity contribution in [2.24, 2.45) is 5.41 Å². The smallest absolute Gasteiger partial charge is 0.263 e. The highest BCUT2D eigenvalue weighted by Crippen LogP contribution is 2.39. The van der Waals surface area contributed by atoms with Gasteiger partial charge in [0.25, 0.3) is 10.0 Å². The quantitative estimate of drug-likeness (QED) is 0.689. The first-order chi connectivity index (χ1) is 13.5. The van der Waals surface area contributed by atoms with Crippen LogP contribution < -0.4 is 14.4 Å². The van der Waals surface area contributed by atoms with Gasteiger partial charge in [-0.1, -0.05) is 30.1 Å². The Morgan fingerprint density at radius 3 is 2.59 bits per heavy atom. The molecule has 0 saturated carbocycles. The molecule has 2 aromatic carbocycles. The highest BCUT2D eigenvalue weighted by atomic mass is 35.5. The Hall–Kier alpha value is -1.96. The number of fused-ring (bicyclic) bond motifs is 1. The van der Waals surface area contributed by atoms with Crippen LogP contribution in [0.15, 0.2) is 41.3 Å². The average molecular weight is 457 g/mol. The zero-order valence-corrected chi connectivity index (χ0v) is 18.7. The van der Waals surface area contributed by atoms with E-state index in [-0.39, 0.29) is 33.1 Å². The van der Waals surface area contributed by atoms with E-state index >= 15 is 0 Å². The average Bonchev–Trinajstić information content (AvgIpc) is 2.74. The molecule has 1 N–H and O–H groups in total. The second kappa shape index (κ2) is 8.05. The van der Waals surface area contributed by atoms with Gasteiger partial charge in [0.05, 0.1) is 21.8 Å². The summed E-state index contributed by atoms with van der Waals surface area (Å²) < 4.78 is 34.0. The topological polar surface area (TPSA) is 75.7 Å². The number of nitrogens with one attached hydrogen (secondary N) is 1. The van der Waals surface area contributed by atoms with Crippen molar-refractivity contribution in [3.8, 4) is 5.75 Å². The van der Waals surface area contributed by atoms with E-state index in [1.54, 1.807) is 23.1 Å². The zero-order valence-electron chi connectivity index (χ0n) is 16.3. The molecule has 1 heterocycles. The normalized spacial score (nSPS) is 16.0. The number of rotatable bonds is 5. The van der Waals surface area contributed by atoms with Crippen molar-refractivity contribution in [2.45, 2.75) is 32.1 Å². The van der Waals surface area contributed by atoms with Gasteiger partial charge in [0.1, 0.15) is 17.3 Å². The van der Waals surface area contributed by atoms with Crippen LogP contribution in [0.5, 0.6) is 5.75 Å². The first kappa shape index (κ1) is 21.7. The van der Waals surface area contributed by atoms with Gasteiger partial charge >= 0.3 is 0 Å². The summed E-state index contributed by atoms with van der Waals surface area (Å²) in [5, 5.41) is 0.316. The molecular weight excluding hydrogens is 435 g/mol. The minimum atomic E-state index is -3.98. The highest BCUT2D eigenvalue weighted by molar-refractivity contribution is 7.92. The molecule has 0 fully saturated rings. The Bertz CT molecular complexity index is 1050. The fourth-order valence-electron chi connectivity index (χ4n) is 3.05. The summed E-state index contributed by atoms with van der Waals surface area (Å²) in [6, 6.07) is 9.06. The number of hydrogen-bond donors (Lipinski definition) is 1. The molecule has 0 unspecified atom stereocenters. The van der Waals surface area contributed by atoms with E-state index in [4.69, 9.17) is 27.9 Å². The van der Waals surface area contributed by atoms with Crippen molar-refractivity contribution in [2.75, 3.05) is 22.8 Å². The first-order valence-electron chi connectivity index (χ1n) is 9.12. The monoisotopic (exact) mass is 456 g/mol. The number of amides is 1. The SMILES string of the molecule is CCCN1C(=O)C(C)(C)COc2ccc(NS(=O)(=O)c3cc(Cl)ccc3Cl)cc21. The molecular formula is C20H22Cl2N2O4S. The van der Waals surface area contributed by atoms with Crippen LogP contribution in [0.3, 0.4) is 0 Å². The lowest BCUT2D eigenvalue weighted by Gasteiger charge is -2.28. The fourth-order valence-corrected chi connectivity index (χ4v) is 4.86. The summed E-state index contributed by atoms with van der Waals surface area (Å²) in [5.74, 6) is 0.456. The Kier molecular flexibility index (Phi) is 6.03. The summed E-state index contributed by atoms with van der Waals surface area (Å²) in [6.45, 7) is 6.36. The molecule has 0 saturated heterocycles. The van der Waals surface area contributed by atoms with Crippen LogP contribution in [0.4, 0.5) is 11.4 Å². The van der Waals surface area contributed by atoms with Crippen molar-refractivity contribution < 1.29 is 17.9 Å². The lowest BCUT2D eigenvalue weighted by atomic mass is 9.93. The third kappa shape index (κ3) is 4.47. The van der Waals surface area contributed by atoms with Gasteiger partial charge in [0.2, 0.25) is 5.91 Å². The molecule has 29 heavy (non-hydrogen) atoms. The predicted octanol–water partition coefficient (Wildman–Crippen LogP) is 4.96. The largest absolute Gasteiger partial charge is 0.490 e. The van der Waals surface area contributed by atoms with Crippen LogP contribution in [0, 0.1) is 5.41 Å². The number of benzene rings is 2. The van der Waals surface area contributed by atoms with E-state index in [9.17, 15) is 13.2 Å². The molecule has 6 nitrogen and oxygen atoms in total. The molecule has 0 atom stereocenters. The Morgan fingerprint density at radius 2 is 1.90 bits per heavy atom. The molecule has 1 amide bonds. The van der Waals surface area contributed by atoms with Crippen LogP contribution >= 0.6 is 23.2 Å². The number of carbonyl (C=O) groups excluding carboxylic acids is 1. The molecule has 156 valence electrons. The molecule has 1 aliphatic rings. The van der Waals surface area contributed by atoms with Gasteiger partial charge in [-0.05, 0) is 56.7 Å². The lowest BCUT2D eigenvalue weighted by Crippen LogP contribution is -2.42. The Balaban J connectivity index is 2.01. The predicted molar refractivity (Wildman–Crippen MR) is 116 cm³/mol. The molecule has 0 radical (unpaired) electrons. The molecule has 0 aliphatic carbocycles. The Morgan fingerprint density at radius 1 is 1.17 bits per heavy atom.